The van der Waals surface area contributed by atoms with Gasteiger partial charge >= 0.3 is 5.97 Å². The summed E-state index contributed by atoms with van der Waals surface area (Å²) >= 11 is 7.84. The van der Waals surface area contributed by atoms with Crippen LogP contribution >= 0.6 is 49.9 Å². The van der Waals surface area contributed by atoms with Gasteiger partial charge in [-0.1, -0.05) is 17.4 Å². The van der Waals surface area contributed by atoms with Crippen molar-refractivity contribution in [2.24, 2.45) is 4.99 Å². The van der Waals surface area contributed by atoms with Crippen molar-refractivity contribution in [3.8, 4) is 0 Å². The zero-order valence-electron chi connectivity index (χ0n) is 15.0. The molecule has 0 aromatic carbocycles. The number of thiophene rings is 2. The number of rotatable bonds is 4. The van der Waals surface area contributed by atoms with Crippen LogP contribution in [0.5, 0.6) is 0 Å². The van der Waals surface area contributed by atoms with Gasteiger partial charge in [0.05, 0.1) is 26.2 Å². The van der Waals surface area contributed by atoms with Crippen molar-refractivity contribution in [2.75, 3.05) is 6.61 Å². The summed E-state index contributed by atoms with van der Waals surface area (Å²) in [4.78, 5) is 33.0. The lowest BCUT2D eigenvalue weighted by molar-refractivity contribution is -0.139. The molecule has 1 aliphatic rings. The van der Waals surface area contributed by atoms with Crippen molar-refractivity contribution in [3.63, 3.8) is 0 Å². The van der Waals surface area contributed by atoms with Crippen molar-refractivity contribution < 1.29 is 9.53 Å². The average Bonchev–Trinajstić information content (AvgIpc) is 3.37. The summed E-state index contributed by atoms with van der Waals surface area (Å²) < 4.78 is 8.47. The Hall–Kier alpha value is -1.81. The predicted octanol–water partition coefficient (Wildman–Crippen LogP) is 3.68. The second-order valence-electron chi connectivity index (χ2n) is 5.96. The number of hydrogen-bond acceptors (Lipinski definition) is 7. The molecule has 3 aromatic heterocycles. The van der Waals surface area contributed by atoms with Crippen LogP contribution in [-0.4, -0.2) is 17.1 Å². The summed E-state index contributed by atoms with van der Waals surface area (Å²) in [6, 6.07) is 7.23. The molecule has 0 aliphatic carbocycles. The van der Waals surface area contributed by atoms with Crippen LogP contribution in [0.15, 0.2) is 54.5 Å². The van der Waals surface area contributed by atoms with Gasteiger partial charge < -0.3 is 4.74 Å². The van der Waals surface area contributed by atoms with Gasteiger partial charge in [0.15, 0.2) is 4.80 Å². The zero-order chi connectivity index (χ0) is 19.8. The molecule has 0 saturated heterocycles. The molecule has 1 aliphatic heterocycles. The highest BCUT2D eigenvalue weighted by molar-refractivity contribution is 9.11. The first kappa shape index (κ1) is 19.5. The lowest BCUT2D eigenvalue weighted by Crippen LogP contribution is -2.39. The topological polar surface area (TPSA) is 60.7 Å². The Kier molecular flexibility index (Phi) is 5.50. The number of carbonyl (C=O) groups is 1. The fraction of sp³-hybridized carbons (Fsp3) is 0.211. The molecular weight excluding hydrogens is 480 g/mol. The van der Waals surface area contributed by atoms with E-state index in [1.165, 1.54) is 22.7 Å². The number of aromatic nitrogens is 1. The van der Waals surface area contributed by atoms with E-state index in [-0.39, 0.29) is 12.2 Å². The Balaban J connectivity index is 1.95. The third kappa shape index (κ3) is 3.47. The molecule has 28 heavy (non-hydrogen) atoms. The molecule has 0 bridgehead atoms. The minimum Gasteiger partial charge on any atom is -0.463 e. The Morgan fingerprint density at radius 3 is 2.82 bits per heavy atom. The number of halogens is 1. The molecule has 4 heterocycles. The number of nitrogens with zero attached hydrogens (tertiary/aromatic N) is 2. The van der Waals surface area contributed by atoms with Gasteiger partial charge in [0, 0.05) is 9.75 Å². The highest BCUT2D eigenvalue weighted by atomic mass is 79.9. The quantitative estimate of drug-likeness (QED) is 0.519. The maximum atomic E-state index is 13.3. The van der Waals surface area contributed by atoms with Crippen LogP contribution in [0.1, 0.15) is 29.6 Å². The van der Waals surface area contributed by atoms with Gasteiger partial charge in [0.1, 0.15) is 6.04 Å². The molecule has 0 saturated carbocycles. The first-order valence-corrected chi connectivity index (χ1v) is 11.8. The summed E-state index contributed by atoms with van der Waals surface area (Å²) in [6.07, 6.45) is 1.87. The van der Waals surface area contributed by atoms with E-state index in [1.54, 1.807) is 29.8 Å². The fourth-order valence-electron chi connectivity index (χ4n) is 3.04. The second-order valence-corrected chi connectivity index (χ2v) is 10.4. The normalized spacial score (nSPS) is 16.8. The minimum atomic E-state index is -0.521. The SMILES string of the molecule is CCOC(=O)C1=C(C)N=c2s/c(=C\c3ccc(Br)s3)c(=O)n2[C@H]1c1cccs1. The molecule has 5 nitrogen and oxygen atoms in total. The molecular formula is C19H15BrN2O3S3. The maximum Gasteiger partial charge on any atom is 0.338 e. The lowest BCUT2D eigenvalue weighted by Gasteiger charge is -2.23. The highest BCUT2D eigenvalue weighted by Gasteiger charge is 2.33. The standard InChI is InChI=1S/C19H15BrN2O3S3/c1-3-25-18(24)15-10(2)21-19-22(16(15)12-5-4-8-26-12)17(23)13(28-19)9-11-6-7-14(20)27-11/h4-9,16H,3H2,1-2H3/b13-9-/t16-/m0/s1. The molecule has 144 valence electrons. The third-order valence-corrected chi connectivity index (χ3v) is 7.68. The molecule has 0 amide bonds. The van der Waals surface area contributed by atoms with Crippen molar-refractivity contribution >= 4 is 62.0 Å². The van der Waals surface area contributed by atoms with Crippen molar-refractivity contribution in [1.82, 2.24) is 4.57 Å². The summed E-state index contributed by atoms with van der Waals surface area (Å²) in [6.45, 7) is 3.83. The largest absolute Gasteiger partial charge is 0.463 e. The Labute approximate surface area is 181 Å². The van der Waals surface area contributed by atoms with Crippen molar-refractivity contribution in [1.29, 1.82) is 0 Å². The number of fused-ring (bicyclic) bond motifs is 1. The molecule has 1 atom stereocenters. The number of carbonyl (C=O) groups excluding carboxylic acids is 1. The number of esters is 1. The van der Waals surface area contributed by atoms with Gasteiger partial charge in [0.25, 0.3) is 5.56 Å². The molecule has 0 N–H and O–H groups in total. The van der Waals surface area contributed by atoms with E-state index in [0.29, 0.717) is 20.6 Å². The molecule has 3 aromatic rings. The van der Waals surface area contributed by atoms with E-state index in [4.69, 9.17) is 4.74 Å². The van der Waals surface area contributed by atoms with E-state index in [1.807, 2.05) is 35.7 Å². The van der Waals surface area contributed by atoms with Crippen LogP contribution in [-0.2, 0) is 9.53 Å². The molecule has 4 rings (SSSR count). The lowest BCUT2D eigenvalue weighted by atomic mass is 10.0. The average molecular weight is 495 g/mol. The van der Waals surface area contributed by atoms with Gasteiger partial charge in [-0.2, -0.15) is 0 Å². The Morgan fingerprint density at radius 2 is 2.18 bits per heavy atom. The molecule has 0 unspecified atom stereocenters. The Bertz CT molecular complexity index is 1250. The van der Waals surface area contributed by atoms with E-state index in [0.717, 1.165) is 13.5 Å². The predicted molar refractivity (Wildman–Crippen MR) is 117 cm³/mol. The number of hydrogen-bond donors (Lipinski definition) is 0. The van der Waals surface area contributed by atoms with Crippen LogP contribution in [0.3, 0.4) is 0 Å². The van der Waals surface area contributed by atoms with Crippen LogP contribution in [0, 0.1) is 0 Å². The monoisotopic (exact) mass is 494 g/mol. The maximum absolute atomic E-state index is 13.3. The summed E-state index contributed by atoms with van der Waals surface area (Å²) in [5.74, 6) is -0.432. The van der Waals surface area contributed by atoms with Gasteiger partial charge in [0.2, 0.25) is 0 Å². The van der Waals surface area contributed by atoms with Gasteiger partial charge in [-0.25, -0.2) is 9.79 Å². The van der Waals surface area contributed by atoms with E-state index < -0.39 is 12.0 Å². The Morgan fingerprint density at radius 1 is 1.36 bits per heavy atom. The summed E-state index contributed by atoms with van der Waals surface area (Å²) in [7, 11) is 0. The summed E-state index contributed by atoms with van der Waals surface area (Å²) in [5.41, 5.74) is 0.853. The van der Waals surface area contributed by atoms with Crippen LogP contribution in [0.25, 0.3) is 6.08 Å². The first-order chi connectivity index (χ1) is 13.5. The van der Waals surface area contributed by atoms with Crippen molar-refractivity contribution in [2.45, 2.75) is 19.9 Å². The summed E-state index contributed by atoms with van der Waals surface area (Å²) in [5, 5.41) is 1.94. The number of ether oxygens (including phenoxy) is 1. The van der Waals surface area contributed by atoms with E-state index in [9.17, 15) is 9.59 Å². The van der Waals surface area contributed by atoms with E-state index >= 15 is 0 Å². The van der Waals surface area contributed by atoms with Crippen LogP contribution in [0.2, 0.25) is 0 Å². The molecule has 0 fully saturated rings. The zero-order valence-corrected chi connectivity index (χ0v) is 19.0. The number of thiazole rings is 1. The van der Waals surface area contributed by atoms with Gasteiger partial charge in [-0.05, 0) is 59.4 Å². The molecule has 0 radical (unpaired) electrons. The molecule has 0 spiro atoms. The smallest absolute Gasteiger partial charge is 0.338 e. The molecule has 9 heteroatoms. The van der Waals surface area contributed by atoms with Crippen LogP contribution in [0.4, 0.5) is 0 Å². The van der Waals surface area contributed by atoms with Crippen LogP contribution < -0.4 is 14.9 Å². The van der Waals surface area contributed by atoms with Gasteiger partial charge in [-0.3, -0.25) is 9.36 Å². The fourth-order valence-corrected chi connectivity index (χ4v) is 6.35. The number of allylic oxidation sites excluding steroid dienone is 1. The second kappa shape index (κ2) is 7.90. The van der Waals surface area contributed by atoms with Crippen molar-refractivity contribution in [3.05, 3.63) is 74.1 Å². The van der Waals surface area contributed by atoms with E-state index in [2.05, 4.69) is 20.9 Å². The third-order valence-electron chi connectivity index (χ3n) is 4.20. The highest BCUT2D eigenvalue weighted by Crippen LogP contribution is 2.33. The minimum absolute atomic E-state index is 0.152. The van der Waals surface area contributed by atoms with Gasteiger partial charge in [-0.15, -0.1) is 22.7 Å². The first-order valence-electron chi connectivity index (χ1n) is 8.48.